The number of para-hydroxylation sites is 1. The molecule has 0 amide bonds. The molecule has 0 heterocycles. The molecule has 0 radical (unpaired) electrons. The van der Waals surface area contributed by atoms with Gasteiger partial charge in [-0.25, -0.2) is 0 Å². The number of nitrogens with zero attached hydrogens (tertiary/aromatic N) is 2. The van der Waals surface area contributed by atoms with Crippen LogP contribution in [0.15, 0.2) is 58.5 Å². The summed E-state index contributed by atoms with van der Waals surface area (Å²) in [5.74, 6) is 0. The van der Waals surface area contributed by atoms with Gasteiger partial charge in [0.05, 0.1) is 22.8 Å². The minimum Gasteiger partial charge on any atom is -0.252 e. The van der Waals surface area contributed by atoms with E-state index in [9.17, 15) is 0 Å². The average molecular weight is 407 g/mol. The number of benzene rings is 2. The van der Waals surface area contributed by atoms with Crippen molar-refractivity contribution in [2.75, 3.05) is 0 Å². The SMILES string of the molecule is CCCCC(=Nc1ccccc1)C(CCCC)=Nc1ccc(C)c(C)c1.[Ni]. The van der Waals surface area contributed by atoms with E-state index in [4.69, 9.17) is 9.98 Å². The monoisotopic (exact) mass is 406 g/mol. The van der Waals surface area contributed by atoms with Crippen molar-refractivity contribution in [2.45, 2.75) is 66.2 Å². The molecule has 0 atom stereocenters. The summed E-state index contributed by atoms with van der Waals surface area (Å²) in [6.07, 6.45) is 6.59. The normalized spacial score (nSPS) is 12.0. The van der Waals surface area contributed by atoms with Gasteiger partial charge in [0.2, 0.25) is 0 Å². The third-order valence-electron chi connectivity index (χ3n) is 4.64. The average Bonchev–Trinajstić information content (AvgIpc) is 2.66. The third kappa shape index (κ3) is 7.81. The van der Waals surface area contributed by atoms with Crippen molar-refractivity contribution < 1.29 is 16.5 Å². The van der Waals surface area contributed by atoms with Crippen molar-refractivity contribution in [3.63, 3.8) is 0 Å². The van der Waals surface area contributed by atoms with Crippen molar-refractivity contribution in [1.29, 1.82) is 0 Å². The molecule has 2 aromatic rings. The van der Waals surface area contributed by atoms with Crippen LogP contribution >= 0.6 is 0 Å². The van der Waals surface area contributed by atoms with Gasteiger partial charge < -0.3 is 0 Å². The second-order valence-electron chi connectivity index (χ2n) is 6.93. The predicted octanol–water partition coefficient (Wildman–Crippen LogP) is 7.53. The quantitative estimate of drug-likeness (QED) is 0.303. The maximum Gasteiger partial charge on any atom is 0.0636 e. The zero-order valence-corrected chi connectivity index (χ0v) is 18.1. The Kier molecular flexibility index (Phi) is 10.9. The summed E-state index contributed by atoms with van der Waals surface area (Å²) in [5.41, 5.74) is 6.94. The minimum atomic E-state index is 0. The van der Waals surface area contributed by atoms with Crippen LogP contribution in [0.3, 0.4) is 0 Å². The maximum absolute atomic E-state index is 5.03. The van der Waals surface area contributed by atoms with Gasteiger partial charge in [0.15, 0.2) is 0 Å². The van der Waals surface area contributed by atoms with Crippen LogP contribution in [0, 0.1) is 13.8 Å². The molecule has 0 unspecified atom stereocenters. The molecule has 0 aliphatic rings. The van der Waals surface area contributed by atoms with Crippen molar-refractivity contribution in [3.05, 3.63) is 59.7 Å². The van der Waals surface area contributed by atoms with Gasteiger partial charge in [-0.2, -0.15) is 0 Å². The summed E-state index contributed by atoms with van der Waals surface area (Å²) in [6, 6.07) is 16.7. The predicted molar refractivity (Wildman–Crippen MR) is 116 cm³/mol. The Morgan fingerprint density at radius 2 is 1.26 bits per heavy atom. The van der Waals surface area contributed by atoms with Gasteiger partial charge in [0, 0.05) is 16.5 Å². The molecule has 0 fully saturated rings. The van der Waals surface area contributed by atoms with E-state index in [0.29, 0.717) is 0 Å². The van der Waals surface area contributed by atoms with Crippen molar-refractivity contribution in [1.82, 2.24) is 0 Å². The Hall–Kier alpha value is -1.73. The van der Waals surface area contributed by atoms with Gasteiger partial charge in [0.25, 0.3) is 0 Å². The second-order valence-corrected chi connectivity index (χ2v) is 6.93. The smallest absolute Gasteiger partial charge is 0.0636 e. The number of hydrogen-bond donors (Lipinski definition) is 0. The van der Waals surface area contributed by atoms with Gasteiger partial charge in [-0.1, -0.05) is 51.0 Å². The number of rotatable bonds is 9. The standard InChI is InChI=1S/C24H32N2.Ni/c1-5-7-14-23(25-21-12-10-9-11-13-21)24(15-8-6-2)26-22-17-16-19(3)20(4)18-22;/h9-13,16-18H,5-8,14-15H2,1-4H3;. The zero-order chi connectivity index (χ0) is 18.8. The Balaban J connectivity index is 0.00000364. The van der Waals surface area contributed by atoms with E-state index in [1.807, 2.05) is 18.2 Å². The summed E-state index contributed by atoms with van der Waals surface area (Å²) in [5, 5.41) is 0. The molecule has 2 nitrogen and oxygen atoms in total. The van der Waals surface area contributed by atoms with Gasteiger partial charge in [-0.15, -0.1) is 0 Å². The summed E-state index contributed by atoms with van der Waals surface area (Å²) in [7, 11) is 0. The summed E-state index contributed by atoms with van der Waals surface area (Å²) >= 11 is 0. The molecule has 148 valence electrons. The summed E-state index contributed by atoms with van der Waals surface area (Å²) in [6.45, 7) is 8.75. The van der Waals surface area contributed by atoms with Crippen LogP contribution in [0.5, 0.6) is 0 Å². The molecule has 0 N–H and O–H groups in total. The molecule has 0 aliphatic carbocycles. The first-order valence-corrected chi connectivity index (χ1v) is 9.91. The van der Waals surface area contributed by atoms with Crippen LogP contribution in [0.1, 0.15) is 63.5 Å². The fraction of sp³-hybridized carbons (Fsp3) is 0.417. The van der Waals surface area contributed by atoms with Crippen molar-refractivity contribution in [3.8, 4) is 0 Å². The molecule has 2 aromatic carbocycles. The van der Waals surface area contributed by atoms with Crippen LogP contribution in [-0.4, -0.2) is 11.4 Å². The molecule has 0 aromatic heterocycles. The Morgan fingerprint density at radius 3 is 1.78 bits per heavy atom. The first-order chi connectivity index (χ1) is 12.6. The van der Waals surface area contributed by atoms with Crippen molar-refractivity contribution >= 4 is 22.8 Å². The number of unbranched alkanes of at least 4 members (excludes halogenated alkanes) is 2. The van der Waals surface area contributed by atoms with Crippen LogP contribution < -0.4 is 0 Å². The molecule has 0 spiro atoms. The van der Waals surface area contributed by atoms with Gasteiger partial charge in [-0.05, 0) is 74.9 Å². The van der Waals surface area contributed by atoms with Gasteiger partial charge in [0.1, 0.15) is 0 Å². The summed E-state index contributed by atoms with van der Waals surface area (Å²) in [4.78, 5) is 10.0. The zero-order valence-electron chi connectivity index (χ0n) is 17.1. The molecule has 3 heteroatoms. The van der Waals surface area contributed by atoms with E-state index in [1.54, 1.807) is 0 Å². The van der Waals surface area contributed by atoms with Crippen LogP contribution in [0.2, 0.25) is 0 Å². The topological polar surface area (TPSA) is 24.7 Å². The summed E-state index contributed by atoms with van der Waals surface area (Å²) < 4.78 is 0. The van der Waals surface area contributed by atoms with E-state index in [1.165, 1.54) is 24.0 Å². The third-order valence-corrected chi connectivity index (χ3v) is 4.64. The van der Waals surface area contributed by atoms with E-state index in [2.05, 4.69) is 58.0 Å². The van der Waals surface area contributed by atoms with E-state index >= 15 is 0 Å². The second kappa shape index (κ2) is 12.6. The largest absolute Gasteiger partial charge is 0.252 e. The van der Waals surface area contributed by atoms with Crippen LogP contribution in [0.25, 0.3) is 0 Å². The van der Waals surface area contributed by atoms with Crippen LogP contribution in [-0.2, 0) is 16.5 Å². The Labute approximate surface area is 175 Å². The molecular formula is C24H32N2Ni. The molecule has 0 saturated carbocycles. The van der Waals surface area contributed by atoms with Crippen LogP contribution in [0.4, 0.5) is 11.4 Å². The first kappa shape index (κ1) is 23.3. The fourth-order valence-electron chi connectivity index (χ4n) is 2.83. The van der Waals surface area contributed by atoms with Gasteiger partial charge >= 0.3 is 0 Å². The Morgan fingerprint density at radius 1 is 0.704 bits per heavy atom. The Bertz CT molecular complexity index is 748. The first-order valence-electron chi connectivity index (χ1n) is 9.91. The minimum absolute atomic E-state index is 0. The molecule has 0 bridgehead atoms. The van der Waals surface area contributed by atoms with Gasteiger partial charge in [-0.3, -0.25) is 9.98 Å². The molecule has 27 heavy (non-hydrogen) atoms. The maximum atomic E-state index is 5.03. The van der Waals surface area contributed by atoms with E-state index in [-0.39, 0.29) is 16.5 Å². The molecule has 2 rings (SSSR count). The number of hydrogen-bond acceptors (Lipinski definition) is 2. The number of aryl methyl sites for hydroxylation is 2. The van der Waals surface area contributed by atoms with Crippen molar-refractivity contribution in [2.24, 2.45) is 9.98 Å². The fourth-order valence-corrected chi connectivity index (χ4v) is 2.83. The molecule has 0 aliphatic heterocycles. The van der Waals surface area contributed by atoms with E-state index in [0.717, 1.165) is 48.5 Å². The number of aliphatic imine (C=N–C) groups is 2. The molecule has 0 saturated heterocycles. The van der Waals surface area contributed by atoms with E-state index < -0.39 is 0 Å². The molecular weight excluding hydrogens is 375 g/mol.